The Morgan fingerprint density at radius 2 is 1.84 bits per heavy atom. The molecule has 5 N–H and O–H groups in total. The number of para-hydroxylation sites is 2. The number of hydrogen-bond donors (Lipinski definition) is 4. The summed E-state index contributed by atoms with van der Waals surface area (Å²) in [5.41, 5.74) is 6.61. The zero-order chi connectivity index (χ0) is 27.7. The second-order valence-electron chi connectivity index (χ2n) is 9.59. The minimum absolute atomic E-state index is 0.0680. The van der Waals surface area contributed by atoms with Crippen molar-refractivity contribution in [2.45, 2.75) is 45.3 Å². The summed E-state index contributed by atoms with van der Waals surface area (Å²) in [6.07, 6.45) is -0.721. The molecule has 1 heterocycles. The molecular formula is C27H34N4O6S. The monoisotopic (exact) mass is 542 g/mol. The SMILES string of the molecule is CC(C)(C)OC(=O)N(CCCOc1ccccc1O)CCc1ccc(NC(=O)C(O)c2csc(N)n2)cc1. The van der Waals surface area contributed by atoms with E-state index in [0.29, 0.717) is 44.0 Å². The number of ether oxygens (including phenoxy) is 2. The van der Waals surface area contributed by atoms with Crippen LogP contribution in [0.25, 0.3) is 0 Å². The van der Waals surface area contributed by atoms with Crippen molar-refractivity contribution in [2.75, 3.05) is 30.7 Å². The summed E-state index contributed by atoms with van der Waals surface area (Å²) in [6, 6.07) is 13.9. The molecule has 0 fully saturated rings. The number of nitrogens with one attached hydrogen (secondary N) is 1. The van der Waals surface area contributed by atoms with Crippen molar-refractivity contribution < 1.29 is 29.3 Å². The van der Waals surface area contributed by atoms with E-state index in [2.05, 4.69) is 10.3 Å². The second-order valence-corrected chi connectivity index (χ2v) is 10.5. The standard InChI is InChI=1S/C27H34N4O6S/c1-27(2,3)37-26(35)31(14-6-16-36-22-8-5-4-7-21(22)32)15-13-18-9-11-19(12-10-18)29-24(34)23(33)20-17-38-25(28)30-20/h4-5,7-12,17,23,32-33H,6,13-16H2,1-3H3,(H2,28,30)(H,29,34). The number of nitrogens with zero attached hydrogens (tertiary/aromatic N) is 2. The van der Waals surface area contributed by atoms with E-state index in [1.807, 2.05) is 32.9 Å². The number of thiazole rings is 1. The van der Waals surface area contributed by atoms with Gasteiger partial charge in [-0.3, -0.25) is 4.79 Å². The molecule has 0 aliphatic rings. The quantitative estimate of drug-likeness (QED) is 0.262. The number of amides is 2. The van der Waals surface area contributed by atoms with Crippen LogP contribution >= 0.6 is 11.3 Å². The maximum Gasteiger partial charge on any atom is 0.410 e. The van der Waals surface area contributed by atoms with Gasteiger partial charge >= 0.3 is 6.09 Å². The summed E-state index contributed by atoms with van der Waals surface area (Å²) in [5, 5.41) is 24.5. The lowest BCUT2D eigenvalue weighted by atomic mass is 10.1. The zero-order valence-electron chi connectivity index (χ0n) is 21.7. The van der Waals surface area contributed by atoms with Crippen molar-refractivity contribution in [1.29, 1.82) is 0 Å². The van der Waals surface area contributed by atoms with E-state index >= 15 is 0 Å². The molecule has 11 heteroatoms. The Morgan fingerprint density at radius 1 is 1.13 bits per heavy atom. The number of nitrogen functional groups attached to an aromatic ring is 1. The molecule has 0 saturated heterocycles. The second kappa shape index (κ2) is 13.1. The van der Waals surface area contributed by atoms with Gasteiger partial charge in [0.05, 0.1) is 12.3 Å². The molecule has 0 aliphatic carbocycles. The summed E-state index contributed by atoms with van der Waals surface area (Å²) in [4.78, 5) is 30.7. The lowest BCUT2D eigenvalue weighted by Gasteiger charge is -2.27. The third kappa shape index (κ3) is 8.93. The molecule has 0 radical (unpaired) electrons. The number of aromatic nitrogens is 1. The number of phenolic OH excluding ortho intramolecular Hbond substituents is 1. The number of carbonyl (C=O) groups is 2. The maximum absolute atomic E-state index is 12.8. The average molecular weight is 543 g/mol. The number of aromatic hydroxyl groups is 1. The van der Waals surface area contributed by atoms with Gasteiger partial charge in [0.15, 0.2) is 22.7 Å². The third-order valence-electron chi connectivity index (χ3n) is 5.31. The van der Waals surface area contributed by atoms with Gasteiger partial charge in [0.2, 0.25) is 0 Å². The van der Waals surface area contributed by atoms with Gasteiger partial charge < -0.3 is 35.6 Å². The molecule has 3 rings (SSSR count). The number of anilines is 2. The lowest BCUT2D eigenvalue weighted by molar-refractivity contribution is -0.124. The number of aliphatic hydroxyl groups is 1. The third-order valence-corrected chi connectivity index (χ3v) is 6.00. The van der Waals surface area contributed by atoms with Crippen LogP contribution in [0.4, 0.5) is 15.6 Å². The van der Waals surface area contributed by atoms with Gasteiger partial charge in [-0.05, 0) is 63.4 Å². The van der Waals surface area contributed by atoms with Crippen molar-refractivity contribution in [3.8, 4) is 11.5 Å². The molecule has 1 unspecified atom stereocenters. The fourth-order valence-corrected chi connectivity index (χ4v) is 4.01. The molecule has 204 valence electrons. The van der Waals surface area contributed by atoms with Crippen LogP contribution in [-0.2, 0) is 16.0 Å². The molecule has 3 aromatic rings. The Morgan fingerprint density at radius 3 is 2.47 bits per heavy atom. The van der Waals surface area contributed by atoms with E-state index in [0.717, 1.165) is 16.9 Å². The number of benzene rings is 2. The van der Waals surface area contributed by atoms with E-state index < -0.39 is 23.7 Å². The highest BCUT2D eigenvalue weighted by Crippen LogP contribution is 2.24. The van der Waals surface area contributed by atoms with Crippen LogP contribution in [0.3, 0.4) is 0 Å². The summed E-state index contributed by atoms with van der Waals surface area (Å²) in [5.74, 6) is -0.143. The van der Waals surface area contributed by atoms with Gasteiger partial charge in [0.1, 0.15) is 5.60 Å². The molecule has 10 nitrogen and oxygen atoms in total. The predicted molar refractivity (Wildman–Crippen MR) is 146 cm³/mol. The normalized spacial score (nSPS) is 12.0. The highest BCUT2D eigenvalue weighted by Gasteiger charge is 2.22. The first kappa shape index (κ1) is 28.7. The van der Waals surface area contributed by atoms with Crippen molar-refractivity contribution in [2.24, 2.45) is 0 Å². The summed E-state index contributed by atoms with van der Waals surface area (Å²) in [6.45, 7) is 6.61. The van der Waals surface area contributed by atoms with E-state index in [1.54, 1.807) is 41.3 Å². The van der Waals surface area contributed by atoms with Gasteiger partial charge in [-0.1, -0.05) is 24.3 Å². The molecule has 1 atom stereocenters. The number of aliphatic hydroxyl groups excluding tert-OH is 1. The molecule has 0 spiro atoms. The molecule has 0 aliphatic heterocycles. The number of phenols is 1. The summed E-state index contributed by atoms with van der Waals surface area (Å²) < 4.78 is 11.2. The van der Waals surface area contributed by atoms with Crippen LogP contribution in [-0.4, -0.2) is 57.4 Å². The first-order valence-corrected chi connectivity index (χ1v) is 13.1. The van der Waals surface area contributed by atoms with Gasteiger partial charge in [-0.2, -0.15) is 0 Å². The van der Waals surface area contributed by atoms with Crippen LogP contribution in [0, 0.1) is 0 Å². The van der Waals surface area contributed by atoms with Crippen LogP contribution in [0.1, 0.15) is 44.6 Å². The largest absolute Gasteiger partial charge is 0.504 e. The first-order chi connectivity index (χ1) is 18.0. The molecule has 2 amide bonds. The fraction of sp³-hybridized carbons (Fsp3) is 0.370. The fourth-order valence-electron chi connectivity index (χ4n) is 3.43. The Bertz CT molecular complexity index is 1210. The van der Waals surface area contributed by atoms with Crippen LogP contribution in [0.15, 0.2) is 53.9 Å². The highest BCUT2D eigenvalue weighted by atomic mass is 32.1. The van der Waals surface area contributed by atoms with Crippen molar-refractivity contribution >= 4 is 34.2 Å². The van der Waals surface area contributed by atoms with Crippen LogP contribution in [0.5, 0.6) is 11.5 Å². The van der Waals surface area contributed by atoms with Crippen LogP contribution in [0.2, 0.25) is 0 Å². The lowest BCUT2D eigenvalue weighted by Crippen LogP contribution is -2.39. The zero-order valence-corrected chi connectivity index (χ0v) is 22.5. The Labute approximate surface area is 226 Å². The van der Waals surface area contributed by atoms with Crippen LogP contribution < -0.4 is 15.8 Å². The van der Waals surface area contributed by atoms with Crippen molar-refractivity contribution in [3.63, 3.8) is 0 Å². The highest BCUT2D eigenvalue weighted by molar-refractivity contribution is 7.13. The van der Waals surface area contributed by atoms with Crippen molar-refractivity contribution in [3.05, 3.63) is 65.2 Å². The summed E-state index contributed by atoms with van der Waals surface area (Å²) in [7, 11) is 0. The summed E-state index contributed by atoms with van der Waals surface area (Å²) >= 11 is 1.15. The van der Waals surface area contributed by atoms with Gasteiger partial charge in [0.25, 0.3) is 5.91 Å². The van der Waals surface area contributed by atoms with Gasteiger partial charge in [0, 0.05) is 24.2 Å². The number of nitrogens with two attached hydrogens (primary N) is 1. The predicted octanol–water partition coefficient (Wildman–Crippen LogP) is 4.35. The molecular weight excluding hydrogens is 508 g/mol. The number of rotatable bonds is 11. The molecule has 38 heavy (non-hydrogen) atoms. The Balaban J connectivity index is 1.53. The molecule has 0 saturated carbocycles. The number of hydrogen-bond acceptors (Lipinski definition) is 9. The Hall–Kier alpha value is -3.83. The minimum Gasteiger partial charge on any atom is -0.504 e. The topological polar surface area (TPSA) is 147 Å². The Kier molecular flexibility index (Phi) is 9.91. The van der Waals surface area contributed by atoms with Gasteiger partial charge in [-0.25, -0.2) is 9.78 Å². The van der Waals surface area contributed by atoms with E-state index in [-0.39, 0.29) is 16.6 Å². The maximum atomic E-state index is 12.8. The molecule has 1 aromatic heterocycles. The van der Waals surface area contributed by atoms with E-state index in [1.165, 1.54) is 5.38 Å². The van der Waals surface area contributed by atoms with Crippen molar-refractivity contribution in [1.82, 2.24) is 9.88 Å². The van der Waals surface area contributed by atoms with E-state index in [9.17, 15) is 19.8 Å². The smallest absolute Gasteiger partial charge is 0.410 e. The number of carbonyl (C=O) groups excluding carboxylic acids is 2. The van der Waals surface area contributed by atoms with E-state index in [4.69, 9.17) is 15.2 Å². The van der Waals surface area contributed by atoms with Gasteiger partial charge in [-0.15, -0.1) is 11.3 Å². The average Bonchev–Trinajstić information content (AvgIpc) is 3.30. The molecule has 0 bridgehead atoms. The first-order valence-electron chi connectivity index (χ1n) is 12.2. The minimum atomic E-state index is -1.42. The molecule has 2 aromatic carbocycles.